The number of rotatable bonds is 7. The number of hydrogen-bond acceptors (Lipinski definition) is 4. The molecule has 0 heterocycles. The number of ether oxygens (including phenoxy) is 3. The van der Waals surface area contributed by atoms with Gasteiger partial charge in [-0.1, -0.05) is 55.1 Å². The van der Waals surface area contributed by atoms with Crippen molar-refractivity contribution in [3.05, 3.63) is 89.0 Å². The van der Waals surface area contributed by atoms with Crippen LogP contribution >= 0.6 is 0 Å². The van der Waals surface area contributed by atoms with E-state index in [4.69, 9.17) is 14.2 Å². The smallest absolute Gasteiger partial charge is 0.337 e. The number of carbonyl (C=O) groups is 1. The molecule has 0 saturated carbocycles. The Morgan fingerprint density at radius 3 is 2.10 bits per heavy atom. The highest BCUT2D eigenvalue weighted by Gasteiger charge is 2.10. The third-order valence-electron chi connectivity index (χ3n) is 5.22. The summed E-state index contributed by atoms with van der Waals surface area (Å²) in [4.78, 5) is 11.7. The third kappa shape index (κ3) is 4.69. The number of hydrogen-bond donors (Lipinski definition) is 0. The maximum Gasteiger partial charge on any atom is 0.337 e. The molecule has 3 rings (SSSR count). The number of methoxy groups -OCH3 is 3. The van der Waals surface area contributed by atoms with Gasteiger partial charge in [-0.15, -0.1) is 0 Å². The van der Waals surface area contributed by atoms with Crippen LogP contribution in [0.5, 0.6) is 11.5 Å². The number of carbonyl (C=O) groups excluding carboxylic acids is 1. The van der Waals surface area contributed by atoms with Crippen LogP contribution < -0.4 is 9.47 Å². The fourth-order valence-corrected chi connectivity index (χ4v) is 3.49. The molecule has 0 aliphatic carbocycles. The van der Waals surface area contributed by atoms with Crippen molar-refractivity contribution in [1.82, 2.24) is 0 Å². The van der Waals surface area contributed by atoms with E-state index in [9.17, 15) is 4.79 Å². The lowest BCUT2D eigenvalue weighted by Gasteiger charge is -2.12. The minimum absolute atomic E-state index is 0.340. The first-order valence-corrected chi connectivity index (χ1v) is 9.87. The zero-order valence-electron chi connectivity index (χ0n) is 18.3. The SMILES string of the molecule is C=Cc1c(OC)cc(/C=C/c2cccc(-c3ccc(C(=O)OC)cc3)c2C)cc1OC. The highest BCUT2D eigenvalue weighted by Crippen LogP contribution is 2.33. The largest absolute Gasteiger partial charge is 0.496 e. The van der Waals surface area contributed by atoms with Gasteiger partial charge in [0.05, 0.1) is 32.5 Å². The molecule has 0 atom stereocenters. The summed E-state index contributed by atoms with van der Waals surface area (Å²) in [5, 5.41) is 0. The first-order valence-electron chi connectivity index (χ1n) is 9.87. The lowest BCUT2D eigenvalue weighted by Crippen LogP contribution is -2.00. The van der Waals surface area contributed by atoms with E-state index in [1.807, 2.05) is 36.4 Å². The Kier molecular flexibility index (Phi) is 6.93. The molecule has 3 aromatic rings. The molecule has 0 bridgehead atoms. The van der Waals surface area contributed by atoms with Gasteiger partial charge in [0.25, 0.3) is 0 Å². The highest BCUT2D eigenvalue weighted by atomic mass is 16.5. The second kappa shape index (κ2) is 9.81. The van der Waals surface area contributed by atoms with E-state index in [-0.39, 0.29) is 5.97 Å². The monoisotopic (exact) mass is 414 g/mol. The standard InChI is InChI=1S/C27H26O4/c1-6-23-25(29-3)16-19(17-26(23)30-4)10-11-20-8-7-9-24(18(20)2)21-12-14-22(15-13-21)27(28)31-5/h6-17H,1H2,2-5H3/b11-10+. The molecule has 0 aromatic heterocycles. The maximum absolute atomic E-state index is 11.7. The summed E-state index contributed by atoms with van der Waals surface area (Å²) in [7, 11) is 4.65. The van der Waals surface area contributed by atoms with Crippen LogP contribution in [0.15, 0.2) is 61.2 Å². The quantitative estimate of drug-likeness (QED) is 0.337. The summed E-state index contributed by atoms with van der Waals surface area (Å²) in [6, 6.07) is 17.5. The van der Waals surface area contributed by atoms with Crippen LogP contribution in [0.4, 0.5) is 0 Å². The molecule has 0 aliphatic heterocycles. The van der Waals surface area contributed by atoms with Crippen molar-refractivity contribution >= 4 is 24.2 Å². The van der Waals surface area contributed by atoms with Gasteiger partial charge in [0.2, 0.25) is 0 Å². The van der Waals surface area contributed by atoms with E-state index in [0.29, 0.717) is 17.1 Å². The van der Waals surface area contributed by atoms with Crippen molar-refractivity contribution in [2.24, 2.45) is 0 Å². The summed E-state index contributed by atoms with van der Waals surface area (Å²) in [5.41, 5.74) is 6.72. The van der Waals surface area contributed by atoms with Crippen molar-refractivity contribution in [2.75, 3.05) is 21.3 Å². The molecule has 0 saturated heterocycles. The minimum atomic E-state index is -0.340. The fraction of sp³-hybridized carbons (Fsp3) is 0.148. The predicted molar refractivity (Wildman–Crippen MR) is 127 cm³/mol. The molecule has 4 nitrogen and oxygen atoms in total. The fourth-order valence-electron chi connectivity index (χ4n) is 3.49. The Bertz CT molecular complexity index is 1100. The molecule has 0 aliphatic rings. The first-order chi connectivity index (χ1) is 15.0. The van der Waals surface area contributed by atoms with Crippen molar-refractivity contribution in [2.45, 2.75) is 6.92 Å². The molecule has 3 aromatic carbocycles. The van der Waals surface area contributed by atoms with Gasteiger partial charge >= 0.3 is 5.97 Å². The normalized spacial score (nSPS) is 10.7. The van der Waals surface area contributed by atoms with Crippen LogP contribution in [0.2, 0.25) is 0 Å². The Hall–Kier alpha value is -3.79. The van der Waals surface area contributed by atoms with Crippen LogP contribution in [0, 0.1) is 6.92 Å². The molecule has 0 N–H and O–H groups in total. The molecular weight excluding hydrogens is 388 g/mol. The average molecular weight is 415 g/mol. The molecule has 0 radical (unpaired) electrons. The topological polar surface area (TPSA) is 44.8 Å². The molecule has 0 unspecified atom stereocenters. The van der Waals surface area contributed by atoms with Crippen molar-refractivity contribution in [1.29, 1.82) is 0 Å². The predicted octanol–water partition coefficient (Wildman–Crippen LogP) is 6.28. The Balaban J connectivity index is 1.94. The van der Waals surface area contributed by atoms with Gasteiger partial charge < -0.3 is 14.2 Å². The van der Waals surface area contributed by atoms with E-state index in [1.54, 1.807) is 32.4 Å². The minimum Gasteiger partial charge on any atom is -0.496 e. The van der Waals surface area contributed by atoms with Crippen molar-refractivity contribution in [3.63, 3.8) is 0 Å². The summed E-state index contributed by atoms with van der Waals surface area (Å²) >= 11 is 0. The van der Waals surface area contributed by atoms with E-state index in [2.05, 4.69) is 31.7 Å². The van der Waals surface area contributed by atoms with Gasteiger partial charge in [0.15, 0.2) is 0 Å². The van der Waals surface area contributed by atoms with Gasteiger partial charge in [0.1, 0.15) is 11.5 Å². The van der Waals surface area contributed by atoms with Gasteiger partial charge in [-0.2, -0.15) is 0 Å². The van der Waals surface area contributed by atoms with Gasteiger partial charge in [-0.05, 0) is 59.0 Å². The second-order valence-electron chi connectivity index (χ2n) is 6.97. The first kappa shape index (κ1) is 21.9. The lowest BCUT2D eigenvalue weighted by molar-refractivity contribution is 0.0601. The summed E-state index contributed by atoms with van der Waals surface area (Å²) in [5.74, 6) is 1.09. The molecule has 4 heteroatoms. The van der Waals surface area contributed by atoms with Crippen LogP contribution in [0.1, 0.15) is 32.6 Å². The molecule has 158 valence electrons. The third-order valence-corrected chi connectivity index (χ3v) is 5.22. The van der Waals surface area contributed by atoms with Gasteiger partial charge in [-0.3, -0.25) is 0 Å². The lowest BCUT2D eigenvalue weighted by atomic mass is 9.95. The zero-order valence-corrected chi connectivity index (χ0v) is 18.3. The zero-order chi connectivity index (χ0) is 22.4. The number of esters is 1. The molecule has 31 heavy (non-hydrogen) atoms. The van der Waals surface area contributed by atoms with E-state index >= 15 is 0 Å². The van der Waals surface area contributed by atoms with Crippen molar-refractivity contribution in [3.8, 4) is 22.6 Å². The molecule has 0 amide bonds. The summed E-state index contributed by atoms with van der Waals surface area (Å²) in [6.45, 7) is 5.93. The van der Waals surface area contributed by atoms with Crippen LogP contribution in [0.25, 0.3) is 29.4 Å². The Morgan fingerprint density at radius 2 is 1.55 bits per heavy atom. The molecule has 0 spiro atoms. The average Bonchev–Trinajstić information content (AvgIpc) is 2.82. The Labute approximate surface area is 183 Å². The molecule has 0 fully saturated rings. The van der Waals surface area contributed by atoms with Gasteiger partial charge in [0, 0.05) is 0 Å². The second-order valence-corrected chi connectivity index (χ2v) is 6.97. The number of benzene rings is 3. The summed E-state index contributed by atoms with van der Waals surface area (Å²) in [6.07, 6.45) is 5.83. The van der Waals surface area contributed by atoms with Crippen LogP contribution in [-0.4, -0.2) is 27.3 Å². The van der Waals surface area contributed by atoms with Crippen LogP contribution in [0.3, 0.4) is 0 Å². The Morgan fingerprint density at radius 1 is 0.903 bits per heavy atom. The maximum atomic E-state index is 11.7. The van der Waals surface area contributed by atoms with Crippen LogP contribution in [-0.2, 0) is 4.74 Å². The van der Waals surface area contributed by atoms with Crippen molar-refractivity contribution < 1.29 is 19.0 Å². The van der Waals surface area contributed by atoms with Gasteiger partial charge in [-0.25, -0.2) is 4.79 Å². The summed E-state index contributed by atoms with van der Waals surface area (Å²) < 4.78 is 15.8. The van der Waals surface area contributed by atoms with E-state index < -0.39 is 0 Å². The molecular formula is C27H26O4. The highest BCUT2D eigenvalue weighted by molar-refractivity contribution is 5.90. The van der Waals surface area contributed by atoms with E-state index in [1.165, 1.54) is 7.11 Å². The van der Waals surface area contributed by atoms with E-state index in [0.717, 1.165) is 33.4 Å².